The van der Waals surface area contributed by atoms with Crippen LogP contribution in [0.25, 0.3) is 22.0 Å². The molecule has 144 valence electrons. The van der Waals surface area contributed by atoms with E-state index >= 15 is 0 Å². The number of H-pyrrole nitrogens is 1. The van der Waals surface area contributed by atoms with Crippen molar-refractivity contribution in [2.45, 2.75) is 0 Å². The molecule has 29 heavy (non-hydrogen) atoms. The van der Waals surface area contributed by atoms with Crippen molar-refractivity contribution in [3.63, 3.8) is 0 Å². The first-order valence-electron chi connectivity index (χ1n) is 8.83. The van der Waals surface area contributed by atoms with Gasteiger partial charge in [0.15, 0.2) is 12.3 Å². The molecule has 1 amide bonds. The van der Waals surface area contributed by atoms with Gasteiger partial charge in [0.1, 0.15) is 11.6 Å². The van der Waals surface area contributed by atoms with Crippen molar-refractivity contribution in [3.05, 3.63) is 78.6 Å². The molecule has 3 aromatic carbocycles. The third kappa shape index (κ3) is 4.14. The number of hydrogen-bond acceptors (Lipinski definition) is 4. The van der Waals surface area contributed by atoms with Gasteiger partial charge in [-0.3, -0.25) is 4.79 Å². The summed E-state index contributed by atoms with van der Waals surface area (Å²) in [6, 6.07) is 21.1. The lowest BCUT2D eigenvalue weighted by Crippen LogP contribution is -2.07. The van der Waals surface area contributed by atoms with Crippen LogP contribution in [-0.2, 0) is 4.79 Å². The highest BCUT2D eigenvalue weighted by Crippen LogP contribution is 2.35. The number of ether oxygens (including phenoxy) is 1. The van der Waals surface area contributed by atoms with E-state index in [0.717, 1.165) is 11.1 Å². The molecule has 0 saturated carbocycles. The van der Waals surface area contributed by atoms with Gasteiger partial charge in [-0.15, -0.1) is 10.2 Å². The number of carbonyl (C=O) groups excluding carboxylic acids is 1. The van der Waals surface area contributed by atoms with Crippen LogP contribution in [-0.4, -0.2) is 22.6 Å². The molecule has 0 saturated heterocycles. The minimum Gasteiger partial charge on any atom is -0.493 e. The molecule has 1 heterocycles. The van der Waals surface area contributed by atoms with Gasteiger partial charge >= 0.3 is 5.91 Å². The van der Waals surface area contributed by atoms with Crippen LogP contribution in [0, 0.1) is 5.82 Å². The Morgan fingerprint density at radius 3 is 2.48 bits per heavy atom. The van der Waals surface area contributed by atoms with E-state index in [1.807, 2.05) is 42.5 Å². The van der Waals surface area contributed by atoms with Gasteiger partial charge in [0.25, 0.3) is 0 Å². The predicted molar refractivity (Wildman–Crippen MR) is 107 cm³/mol. The number of aromatic nitrogens is 1. The van der Waals surface area contributed by atoms with Gasteiger partial charge in [-0.2, -0.15) is 0 Å². The summed E-state index contributed by atoms with van der Waals surface area (Å²) in [4.78, 5) is 14.6. The molecule has 6 nitrogen and oxygen atoms in total. The highest BCUT2D eigenvalue weighted by molar-refractivity contribution is 5.94. The number of nitrogens with zero attached hydrogens (tertiary/aromatic N) is 2. The van der Waals surface area contributed by atoms with Gasteiger partial charge in [0.2, 0.25) is 5.88 Å². The summed E-state index contributed by atoms with van der Waals surface area (Å²) in [5.74, 6) is -0.895. The monoisotopic (exact) mass is 389 g/mol. The van der Waals surface area contributed by atoms with E-state index in [1.165, 1.54) is 18.2 Å². The number of aromatic hydroxyl groups is 1. The molecule has 0 aliphatic heterocycles. The summed E-state index contributed by atoms with van der Waals surface area (Å²) >= 11 is 0. The highest BCUT2D eigenvalue weighted by Gasteiger charge is 2.12. The first-order valence-corrected chi connectivity index (χ1v) is 8.83. The van der Waals surface area contributed by atoms with Crippen LogP contribution in [0.5, 0.6) is 11.6 Å². The van der Waals surface area contributed by atoms with Crippen molar-refractivity contribution in [3.8, 4) is 22.8 Å². The number of rotatable bonds is 5. The van der Waals surface area contributed by atoms with Gasteiger partial charge < -0.3 is 14.8 Å². The molecule has 0 fully saturated rings. The average molecular weight is 389 g/mol. The van der Waals surface area contributed by atoms with Crippen molar-refractivity contribution >= 4 is 22.5 Å². The minimum absolute atomic E-state index is 0.0000593. The van der Waals surface area contributed by atoms with Crippen LogP contribution < -0.4 is 4.74 Å². The normalized spacial score (nSPS) is 11.2. The first kappa shape index (κ1) is 18.4. The maximum atomic E-state index is 13.4. The smallest absolute Gasteiger partial charge is 0.302 e. The topological polar surface area (TPSA) is 87.0 Å². The Balaban J connectivity index is 1.40. The zero-order valence-corrected chi connectivity index (χ0v) is 15.2. The molecular weight excluding hydrogens is 373 g/mol. The second kappa shape index (κ2) is 7.93. The van der Waals surface area contributed by atoms with Gasteiger partial charge in [-0.25, -0.2) is 4.39 Å². The summed E-state index contributed by atoms with van der Waals surface area (Å²) in [5, 5.41) is 17.5. The lowest BCUT2D eigenvalue weighted by molar-refractivity contribution is -0.120. The lowest BCUT2D eigenvalue weighted by atomic mass is 10.1. The van der Waals surface area contributed by atoms with E-state index in [9.17, 15) is 14.3 Å². The van der Waals surface area contributed by atoms with Crippen molar-refractivity contribution in [2.75, 3.05) is 6.61 Å². The fourth-order valence-electron chi connectivity index (χ4n) is 2.89. The SMILES string of the molecule is O=C(COc1ccc(-c2ccccc2)cc1)N=Nc1c(O)[nH]c2ccc(F)cc12. The predicted octanol–water partition coefficient (Wildman–Crippen LogP) is 5.37. The number of carbonyl (C=O) groups is 1. The second-order valence-corrected chi connectivity index (χ2v) is 6.28. The quantitative estimate of drug-likeness (QED) is 0.450. The Hall–Kier alpha value is -4.00. The maximum absolute atomic E-state index is 13.4. The molecule has 0 spiro atoms. The number of nitrogens with one attached hydrogen (secondary N) is 1. The van der Waals surface area contributed by atoms with Crippen LogP contribution in [0.4, 0.5) is 10.1 Å². The zero-order valence-electron chi connectivity index (χ0n) is 15.2. The van der Waals surface area contributed by atoms with E-state index in [0.29, 0.717) is 16.7 Å². The summed E-state index contributed by atoms with van der Waals surface area (Å²) < 4.78 is 18.8. The Morgan fingerprint density at radius 2 is 1.72 bits per heavy atom. The van der Waals surface area contributed by atoms with Gasteiger partial charge in [0.05, 0.1) is 5.52 Å². The van der Waals surface area contributed by atoms with E-state index in [2.05, 4.69) is 15.2 Å². The van der Waals surface area contributed by atoms with E-state index in [4.69, 9.17) is 4.74 Å². The van der Waals surface area contributed by atoms with Gasteiger partial charge in [-0.1, -0.05) is 42.5 Å². The Kier molecular flexibility index (Phi) is 5.03. The zero-order chi connectivity index (χ0) is 20.2. The van der Waals surface area contributed by atoms with Crippen molar-refractivity contribution < 1.29 is 19.0 Å². The molecule has 4 rings (SSSR count). The van der Waals surface area contributed by atoms with E-state index in [1.54, 1.807) is 12.1 Å². The van der Waals surface area contributed by atoms with Gasteiger partial charge in [0, 0.05) is 5.39 Å². The number of benzene rings is 3. The van der Waals surface area contributed by atoms with Crippen LogP contribution in [0.3, 0.4) is 0 Å². The number of fused-ring (bicyclic) bond motifs is 1. The number of aromatic amines is 1. The number of halogens is 1. The van der Waals surface area contributed by atoms with Crippen LogP contribution >= 0.6 is 0 Å². The van der Waals surface area contributed by atoms with Crippen LogP contribution in [0.1, 0.15) is 0 Å². The Labute approximate surface area is 165 Å². The average Bonchev–Trinajstić information content (AvgIpc) is 3.06. The van der Waals surface area contributed by atoms with Crippen molar-refractivity contribution in [1.29, 1.82) is 0 Å². The number of azo groups is 1. The largest absolute Gasteiger partial charge is 0.493 e. The molecule has 1 aromatic heterocycles. The van der Waals surface area contributed by atoms with E-state index in [-0.39, 0.29) is 18.2 Å². The molecule has 0 bridgehead atoms. The molecule has 0 aliphatic rings. The maximum Gasteiger partial charge on any atom is 0.302 e. The molecule has 0 unspecified atom stereocenters. The summed E-state index contributed by atoms with van der Waals surface area (Å²) in [7, 11) is 0. The molecule has 0 radical (unpaired) electrons. The molecule has 2 N–H and O–H groups in total. The molecular formula is C22H16FN3O3. The summed E-state index contributed by atoms with van der Waals surface area (Å²) in [6.07, 6.45) is 0. The van der Waals surface area contributed by atoms with Crippen molar-refractivity contribution in [1.82, 2.24) is 4.98 Å². The summed E-state index contributed by atoms with van der Waals surface area (Å²) in [5.41, 5.74) is 2.60. The second-order valence-electron chi connectivity index (χ2n) is 6.28. The third-order valence-electron chi connectivity index (χ3n) is 4.30. The fourth-order valence-corrected chi connectivity index (χ4v) is 2.89. The molecule has 0 aliphatic carbocycles. The summed E-state index contributed by atoms with van der Waals surface area (Å²) in [6.45, 7) is -0.314. The van der Waals surface area contributed by atoms with Crippen LogP contribution in [0.15, 0.2) is 83.0 Å². The third-order valence-corrected chi connectivity index (χ3v) is 4.30. The Bertz CT molecular complexity index is 1190. The van der Waals surface area contributed by atoms with Gasteiger partial charge in [-0.05, 0) is 41.5 Å². The first-order chi connectivity index (χ1) is 14.1. The number of amides is 1. The van der Waals surface area contributed by atoms with E-state index < -0.39 is 11.7 Å². The van der Waals surface area contributed by atoms with Crippen molar-refractivity contribution in [2.24, 2.45) is 10.2 Å². The molecule has 4 aromatic rings. The molecule has 7 heteroatoms. The lowest BCUT2D eigenvalue weighted by Gasteiger charge is -2.05. The number of hydrogen-bond donors (Lipinski definition) is 2. The molecule has 0 atom stereocenters. The highest BCUT2D eigenvalue weighted by atomic mass is 19.1. The minimum atomic E-state index is -0.637. The Morgan fingerprint density at radius 1 is 1.00 bits per heavy atom. The van der Waals surface area contributed by atoms with Crippen LogP contribution in [0.2, 0.25) is 0 Å². The standard InChI is InChI=1S/C22H16FN3O3/c23-16-8-11-19-18(12-16)21(22(28)24-19)26-25-20(27)13-29-17-9-6-15(7-10-17)14-4-2-1-3-5-14/h1-12,24,28H,13H2. The fraction of sp³-hybridized carbons (Fsp3) is 0.0455.